The van der Waals surface area contributed by atoms with Gasteiger partial charge in [0.25, 0.3) is 0 Å². The molecule has 1 N–H and O–H groups in total. The molecule has 3 nitrogen and oxygen atoms in total. The van der Waals surface area contributed by atoms with E-state index in [2.05, 4.69) is 24.4 Å². The predicted octanol–water partition coefficient (Wildman–Crippen LogP) is 1.95. The first kappa shape index (κ1) is 12.0. The van der Waals surface area contributed by atoms with Crippen LogP contribution in [0.5, 0.6) is 0 Å². The molecule has 0 aliphatic carbocycles. The van der Waals surface area contributed by atoms with Gasteiger partial charge < -0.3 is 14.8 Å². The molecular weight excluding hydrogens is 222 g/mol. The second-order valence-electron chi connectivity index (χ2n) is 4.05. The Labute approximate surface area is 101 Å². The number of hydrogen-bond acceptors (Lipinski definition) is 4. The summed E-state index contributed by atoms with van der Waals surface area (Å²) < 4.78 is 10.9. The van der Waals surface area contributed by atoms with E-state index in [4.69, 9.17) is 9.47 Å². The van der Waals surface area contributed by atoms with Crippen molar-refractivity contribution in [3.63, 3.8) is 0 Å². The van der Waals surface area contributed by atoms with E-state index in [-0.39, 0.29) is 0 Å². The maximum atomic E-state index is 5.66. The lowest BCUT2D eigenvalue weighted by Crippen LogP contribution is -2.22. The third kappa shape index (κ3) is 3.87. The fourth-order valence-corrected chi connectivity index (χ4v) is 2.59. The van der Waals surface area contributed by atoms with E-state index in [9.17, 15) is 0 Å². The van der Waals surface area contributed by atoms with Crippen molar-refractivity contribution < 1.29 is 9.47 Å². The van der Waals surface area contributed by atoms with Crippen molar-refractivity contribution in [2.45, 2.75) is 26.0 Å². The van der Waals surface area contributed by atoms with Crippen LogP contribution in [0.2, 0.25) is 0 Å². The number of thiophene rings is 1. The topological polar surface area (TPSA) is 30.5 Å². The highest BCUT2D eigenvalue weighted by Crippen LogP contribution is 2.14. The van der Waals surface area contributed by atoms with Crippen molar-refractivity contribution in [1.82, 2.24) is 5.32 Å². The molecule has 1 saturated heterocycles. The lowest BCUT2D eigenvalue weighted by atomic mass is 10.3. The average molecular weight is 241 g/mol. The van der Waals surface area contributed by atoms with Crippen LogP contribution < -0.4 is 5.32 Å². The summed E-state index contributed by atoms with van der Waals surface area (Å²) in [5.41, 5.74) is 0. The molecule has 4 heteroatoms. The van der Waals surface area contributed by atoms with Gasteiger partial charge in [0.2, 0.25) is 0 Å². The Bertz CT molecular complexity index is 308. The van der Waals surface area contributed by atoms with Gasteiger partial charge in [-0.1, -0.05) is 0 Å². The van der Waals surface area contributed by atoms with E-state index in [1.54, 1.807) is 0 Å². The maximum Gasteiger partial charge on any atom is 0.0831 e. The van der Waals surface area contributed by atoms with Crippen LogP contribution in [-0.2, 0) is 16.0 Å². The van der Waals surface area contributed by atoms with Gasteiger partial charge in [-0.15, -0.1) is 11.3 Å². The van der Waals surface area contributed by atoms with Crippen LogP contribution in [0.1, 0.15) is 16.2 Å². The van der Waals surface area contributed by atoms with Crippen molar-refractivity contribution in [1.29, 1.82) is 0 Å². The van der Waals surface area contributed by atoms with Gasteiger partial charge in [0.15, 0.2) is 0 Å². The second kappa shape index (κ2) is 6.35. The minimum Gasteiger partial charge on any atom is -0.379 e. The zero-order valence-electron chi connectivity index (χ0n) is 9.70. The van der Waals surface area contributed by atoms with Crippen molar-refractivity contribution >= 4 is 11.3 Å². The summed E-state index contributed by atoms with van der Waals surface area (Å²) in [5, 5.41) is 3.38. The van der Waals surface area contributed by atoms with Crippen LogP contribution in [-0.4, -0.2) is 32.5 Å². The zero-order valence-corrected chi connectivity index (χ0v) is 10.5. The van der Waals surface area contributed by atoms with E-state index >= 15 is 0 Å². The van der Waals surface area contributed by atoms with Crippen LogP contribution in [0.3, 0.4) is 0 Å². The summed E-state index contributed by atoms with van der Waals surface area (Å²) in [4.78, 5) is 2.76. The van der Waals surface area contributed by atoms with Crippen LogP contribution in [0.15, 0.2) is 12.1 Å². The largest absolute Gasteiger partial charge is 0.379 e. The molecule has 2 heterocycles. The number of nitrogens with one attached hydrogen (secondary N) is 1. The number of aryl methyl sites for hydroxylation is 1. The minimum absolute atomic E-state index is 0.325. The first-order chi connectivity index (χ1) is 7.84. The molecule has 1 fully saturated rings. The lowest BCUT2D eigenvalue weighted by Gasteiger charge is -2.09. The van der Waals surface area contributed by atoms with Gasteiger partial charge in [-0.05, 0) is 25.5 Å². The fourth-order valence-electron chi connectivity index (χ4n) is 1.73. The highest BCUT2D eigenvalue weighted by Gasteiger charge is 2.15. The molecule has 0 spiro atoms. The van der Waals surface area contributed by atoms with Crippen molar-refractivity contribution in [3.05, 3.63) is 21.9 Å². The summed E-state index contributed by atoms with van der Waals surface area (Å²) >= 11 is 1.85. The number of rotatable bonds is 6. The third-order valence-corrected chi connectivity index (χ3v) is 3.62. The van der Waals surface area contributed by atoms with Crippen LogP contribution in [0.4, 0.5) is 0 Å². The van der Waals surface area contributed by atoms with Crippen LogP contribution in [0.25, 0.3) is 0 Å². The van der Waals surface area contributed by atoms with Gasteiger partial charge in [-0.25, -0.2) is 0 Å². The Morgan fingerprint density at radius 1 is 1.56 bits per heavy atom. The van der Waals surface area contributed by atoms with Gasteiger partial charge in [-0.3, -0.25) is 0 Å². The maximum absolute atomic E-state index is 5.66. The van der Waals surface area contributed by atoms with Crippen molar-refractivity contribution in [3.8, 4) is 0 Å². The van der Waals surface area contributed by atoms with E-state index in [0.717, 1.165) is 39.3 Å². The molecule has 1 aliphatic rings. The smallest absolute Gasteiger partial charge is 0.0831 e. The molecule has 90 valence electrons. The molecule has 0 bridgehead atoms. The van der Waals surface area contributed by atoms with E-state index < -0.39 is 0 Å². The highest BCUT2D eigenvalue weighted by atomic mass is 32.1. The molecule has 0 radical (unpaired) electrons. The molecule has 16 heavy (non-hydrogen) atoms. The molecule has 0 amide bonds. The van der Waals surface area contributed by atoms with Gasteiger partial charge in [0.05, 0.1) is 19.3 Å². The summed E-state index contributed by atoms with van der Waals surface area (Å²) in [6, 6.07) is 4.34. The van der Waals surface area contributed by atoms with Crippen molar-refractivity contribution in [2.24, 2.45) is 0 Å². The summed E-state index contributed by atoms with van der Waals surface area (Å²) in [6.45, 7) is 6.39. The van der Waals surface area contributed by atoms with Crippen LogP contribution in [0, 0.1) is 6.92 Å². The summed E-state index contributed by atoms with van der Waals surface area (Å²) in [5.74, 6) is 0. The Morgan fingerprint density at radius 3 is 3.19 bits per heavy atom. The average Bonchev–Trinajstić information content (AvgIpc) is 2.89. The molecule has 1 aromatic rings. The minimum atomic E-state index is 0.325. The molecule has 1 atom stereocenters. The second-order valence-corrected chi connectivity index (χ2v) is 5.42. The van der Waals surface area contributed by atoms with E-state index in [1.807, 2.05) is 11.3 Å². The Kier molecular flexibility index (Phi) is 4.78. The monoisotopic (exact) mass is 241 g/mol. The Hall–Kier alpha value is -0.420. The molecule has 2 rings (SSSR count). The van der Waals surface area contributed by atoms with E-state index in [1.165, 1.54) is 9.75 Å². The molecule has 0 aromatic carbocycles. The quantitative estimate of drug-likeness (QED) is 0.772. The predicted molar refractivity (Wildman–Crippen MR) is 65.9 cm³/mol. The van der Waals surface area contributed by atoms with Gasteiger partial charge in [0, 0.05) is 29.5 Å². The summed E-state index contributed by atoms with van der Waals surface area (Å²) in [6.07, 6.45) is 1.37. The standard InChI is InChI=1S/C12H19NO2S/c1-10-2-3-12(16-10)8-13-5-7-15-11-4-6-14-9-11/h2-3,11,13H,4-9H2,1H3. The van der Waals surface area contributed by atoms with Gasteiger partial charge in [0.1, 0.15) is 0 Å². The lowest BCUT2D eigenvalue weighted by molar-refractivity contribution is 0.0444. The fraction of sp³-hybridized carbons (Fsp3) is 0.667. The summed E-state index contributed by atoms with van der Waals surface area (Å²) in [7, 11) is 0. The zero-order chi connectivity index (χ0) is 11.2. The van der Waals surface area contributed by atoms with Crippen molar-refractivity contribution in [2.75, 3.05) is 26.4 Å². The molecule has 1 aromatic heterocycles. The molecule has 0 saturated carbocycles. The van der Waals surface area contributed by atoms with E-state index in [0.29, 0.717) is 6.10 Å². The molecular formula is C12H19NO2S. The SMILES string of the molecule is Cc1ccc(CNCCOC2CCOC2)s1. The normalized spacial score (nSPS) is 20.4. The number of hydrogen-bond donors (Lipinski definition) is 1. The Morgan fingerprint density at radius 2 is 2.50 bits per heavy atom. The molecule has 1 unspecified atom stereocenters. The molecule has 1 aliphatic heterocycles. The number of ether oxygens (including phenoxy) is 2. The Balaban J connectivity index is 1.51. The first-order valence-corrected chi connectivity index (χ1v) is 6.61. The van der Waals surface area contributed by atoms with Gasteiger partial charge >= 0.3 is 0 Å². The first-order valence-electron chi connectivity index (χ1n) is 5.80. The third-order valence-electron chi connectivity index (χ3n) is 2.62. The van der Waals surface area contributed by atoms with Gasteiger partial charge in [-0.2, -0.15) is 0 Å². The highest BCUT2D eigenvalue weighted by molar-refractivity contribution is 7.11. The van der Waals surface area contributed by atoms with Crippen LogP contribution >= 0.6 is 11.3 Å².